The molecule has 0 unspecified atom stereocenters. The summed E-state index contributed by atoms with van der Waals surface area (Å²) in [6, 6.07) is 12.6. The Labute approximate surface area is 157 Å². The molecule has 0 radical (unpaired) electrons. The minimum atomic E-state index is -0.395. The molecule has 1 heterocycles. The molecule has 0 aromatic heterocycles. The maximum atomic E-state index is 13.1. The molecular weight excluding hydrogens is 349 g/mol. The number of hydrogen-bond acceptors (Lipinski definition) is 4. The Morgan fingerprint density at radius 3 is 2.81 bits per heavy atom. The van der Waals surface area contributed by atoms with E-state index < -0.39 is 5.82 Å². The van der Waals surface area contributed by atoms with Gasteiger partial charge < -0.3 is 14.8 Å². The Balaban J connectivity index is 1.74. The lowest BCUT2D eigenvalue weighted by molar-refractivity contribution is 0.0975. The smallest absolute Gasteiger partial charge is 0.257 e. The number of guanidine groups is 1. The minimum Gasteiger partial charge on any atom is -0.497 e. The number of aliphatic imine (C=N–C) groups is 1. The molecule has 1 atom stereocenters. The van der Waals surface area contributed by atoms with Gasteiger partial charge in [-0.1, -0.05) is 6.07 Å². The van der Waals surface area contributed by atoms with Gasteiger partial charge in [0.05, 0.1) is 19.8 Å². The van der Waals surface area contributed by atoms with Gasteiger partial charge in [-0.05, 0) is 49.2 Å². The molecule has 7 heteroatoms. The number of carbonyl (C=O) groups excluding carboxylic acids is 1. The molecule has 1 saturated heterocycles. The van der Waals surface area contributed by atoms with Crippen molar-refractivity contribution in [1.82, 2.24) is 5.32 Å². The fraction of sp³-hybridized carbons (Fsp3) is 0.300. The molecule has 0 spiro atoms. The van der Waals surface area contributed by atoms with Crippen molar-refractivity contribution in [3.63, 3.8) is 0 Å². The van der Waals surface area contributed by atoms with Crippen LogP contribution in [0.3, 0.4) is 0 Å². The molecule has 1 aliphatic rings. The summed E-state index contributed by atoms with van der Waals surface area (Å²) >= 11 is 0. The van der Waals surface area contributed by atoms with E-state index in [9.17, 15) is 9.18 Å². The van der Waals surface area contributed by atoms with E-state index >= 15 is 0 Å². The summed E-state index contributed by atoms with van der Waals surface area (Å²) in [5.74, 6) is 0.209. The molecule has 1 fully saturated rings. The van der Waals surface area contributed by atoms with E-state index in [-0.39, 0.29) is 12.0 Å². The maximum absolute atomic E-state index is 13.1. The third kappa shape index (κ3) is 5.52. The van der Waals surface area contributed by atoms with E-state index in [0.29, 0.717) is 23.8 Å². The lowest BCUT2D eigenvalue weighted by Crippen LogP contribution is -2.36. The van der Waals surface area contributed by atoms with Crippen molar-refractivity contribution < 1.29 is 18.7 Å². The monoisotopic (exact) mass is 371 g/mol. The van der Waals surface area contributed by atoms with E-state index in [1.54, 1.807) is 13.2 Å². The number of nitrogens with one attached hydrogen (secondary N) is 2. The molecule has 142 valence electrons. The van der Waals surface area contributed by atoms with E-state index in [1.807, 2.05) is 18.2 Å². The summed E-state index contributed by atoms with van der Waals surface area (Å²) < 4.78 is 23.9. The number of benzene rings is 2. The third-order valence-electron chi connectivity index (χ3n) is 4.15. The van der Waals surface area contributed by atoms with Gasteiger partial charge in [-0.3, -0.25) is 10.1 Å². The van der Waals surface area contributed by atoms with Crippen LogP contribution in [-0.2, 0) is 4.74 Å². The molecule has 3 rings (SSSR count). The number of carbonyl (C=O) groups is 1. The molecule has 27 heavy (non-hydrogen) atoms. The molecule has 2 N–H and O–H groups in total. The lowest BCUT2D eigenvalue weighted by atomic mass is 10.2. The molecular formula is C20H22FN3O3. The number of nitrogens with zero attached hydrogens (tertiary/aromatic N) is 1. The van der Waals surface area contributed by atoms with Crippen molar-refractivity contribution >= 4 is 17.6 Å². The van der Waals surface area contributed by atoms with Crippen molar-refractivity contribution in [2.24, 2.45) is 4.99 Å². The highest BCUT2D eigenvalue weighted by Gasteiger charge is 2.16. The van der Waals surface area contributed by atoms with Crippen molar-refractivity contribution in [1.29, 1.82) is 0 Å². The van der Waals surface area contributed by atoms with Crippen molar-refractivity contribution in [2.45, 2.75) is 18.9 Å². The topological polar surface area (TPSA) is 71.9 Å². The SMILES string of the molecule is COc1cccc(NC(=NC[C@@H]2CCCO2)NC(=O)c2ccc(F)cc2)c1. The van der Waals surface area contributed by atoms with Crippen LogP contribution in [0.5, 0.6) is 5.75 Å². The van der Waals surface area contributed by atoms with Gasteiger partial charge in [0.1, 0.15) is 11.6 Å². The number of methoxy groups -OCH3 is 1. The van der Waals surface area contributed by atoms with Crippen LogP contribution in [0.4, 0.5) is 10.1 Å². The van der Waals surface area contributed by atoms with Crippen LogP contribution in [0.15, 0.2) is 53.5 Å². The van der Waals surface area contributed by atoms with E-state index in [0.717, 1.165) is 25.1 Å². The number of rotatable bonds is 5. The zero-order valence-corrected chi connectivity index (χ0v) is 15.1. The number of anilines is 1. The van der Waals surface area contributed by atoms with Crippen molar-refractivity contribution in [3.8, 4) is 5.75 Å². The Bertz CT molecular complexity index is 802. The van der Waals surface area contributed by atoms with Crippen LogP contribution in [-0.4, -0.2) is 38.2 Å². The summed E-state index contributed by atoms with van der Waals surface area (Å²) in [4.78, 5) is 16.9. The Hall–Kier alpha value is -2.93. The van der Waals surface area contributed by atoms with Gasteiger partial charge in [0.15, 0.2) is 0 Å². The molecule has 1 amide bonds. The highest BCUT2D eigenvalue weighted by atomic mass is 19.1. The van der Waals surface area contributed by atoms with Crippen molar-refractivity contribution in [3.05, 3.63) is 59.9 Å². The fourth-order valence-electron chi connectivity index (χ4n) is 2.71. The molecule has 0 bridgehead atoms. The van der Waals surface area contributed by atoms with Crippen LogP contribution in [0.25, 0.3) is 0 Å². The zero-order chi connectivity index (χ0) is 19.1. The third-order valence-corrected chi connectivity index (χ3v) is 4.15. The molecule has 0 saturated carbocycles. The predicted octanol–water partition coefficient (Wildman–Crippen LogP) is 3.21. The first-order valence-corrected chi connectivity index (χ1v) is 8.78. The van der Waals surface area contributed by atoms with Crippen LogP contribution in [0, 0.1) is 5.82 Å². The van der Waals surface area contributed by atoms with Crippen LogP contribution < -0.4 is 15.4 Å². The van der Waals surface area contributed by atoms with Crippen LogP contribution in [0.1, 0.15) is 23.2 Å². The molecule has 0 aliphatic carbocycles. The van der Waals surface area contributed by atoms with Gasteiger partial charge in [-0.2, -0.15) is 0 Å². The lowest BCUT2D eigenvalue weighted by Gasteiger charge is -2.14. The molecule has 6 nitrogen and oxygen atoms in total. The second kappa shape index (κ2) is 9.14. The Morgan fingerprint density at radius 1 is 1.30 bits per heavy atom. The van der Waals surface area contributed by atoms with Gasteiger partial charge in [0.25, 0.3) is 5.91 Å². The maximum Gasteiger partial charge on any atom is 0.257 e. The highest BCUT2D eigenvalue weighted by Crippen LogP contribution is 2.17. The summed E-state index contributed by atoms with van der Waals surface area (Å²) in [5.41, 5.74) is 1.06. The normalized spacial score (nSPS) is 16.8. The first kappa shape index (κ1) is 18.8. The van der Waals surface area contributed by atoms with E-state index in [2.05, 4.69) is 15.6 Å². The molecule has 2 aromatic rings. The zero-order valence-electron chi connectivity index (χ0n) is 15.1. The summed E-state index contributed by atoms with van der Waals surface area (Å²) in [5, 5.41) is 5.84. The molecule has 1 aliphatic heterocycles. The largest absolute Gasteiger partial charge is 0.497 e. The first-order valence-electron chi connectivity index (χ1n) is 8.78. The summed E-state index contributed by atoms with van der Waals surface area (Å²) in [7, 11) is 1.59. The average molecular weight is 371 g/mol. The number of amides is 1. The van der Waals surface area contributed by atoms with E-state index in [4.69, 9.17) is 9.47 Å². The summed E-state index contributed by atoms with van der Waals surface area (Å²) in [6.07, 6.45) is 2.01. The summed E-state index contributed by atoms with van der Waals surface area (Å²) in [6.45, 7) is 1.18. The van der Waals surface area contributed by atoms with Crippen molar-refractivity contribution in [2.75, 3.05) is 25.6 Å². The average Bonchev–Trinajstić information content (AvgIpc) is 3.20. The predicted molar refractivity (Wildman–Crippen MR) is 102 cm³/mol. The van der Waals surface area contributed by atoms with Gasteiger partial charge in [-0.15, -0.1) is 0 Å². The Kier molecular flexibility index (Phi) is 6.38. The number of hydrogen-bond donors (Lipinski definition) is 2. The number of ether oxygens (including phenoxy) is 2. The Morgan fingerprint density at radius 2 is 2.11 bits per heavy atom. The minimum absolute atomic E-state index is 0.0508. The number of halogens is 1. The second-order valence-corrected chi connectivity index (χ2v) is 6.14. The van der Waals surface area contributed by atoms with Crippen LogP contribution >= 0.6 is 0 Å². The van der Waals surface area contributed by atoms with Gasteiger partial charge >= 0.3 is 0 Å². The van der Waals surface area contributed by atoms with Crippen LogP contribution in [0.2, 0.25) is 0 Å². The van der Waals surface area contributed by atoms with Gasteiger partial charge in [0.2, 0.25) is 5.96 Å². The van der Waals surface area contributed by atoms with Gasteiger partial charge in [-0.25, -0.2) is 9.38 Å². The second-order valence-electron chi connectivity index (χ2n) is 6.14. The van der Waals surface area contributed by atoms with E-state index in [1.165, 1.54) is 24.3 Å². The van der Waals surface area contributed by atoms with Gasteiger partial charge in [0, 0.05) is 23.9 Å². The molecule has 2 aromatic carbocycles. The standard InChI is InChI=1S/C20H22FN3O3/c1-26-17-5-2-4-16(12-17)23-20(22-13-18-6-3-11-27-18)24-19(25)14-7-9-15(21)10-8-14/h2,4-5,7-10,12,18H,3,6,11,13H2,1H3,(H2,22,23,24,25)/t18-/m0/s1. The fourth-order valence-corrected chi connectivity index (χ4v) is 2.71. The first-order chi connectivity index (χ1) is 13.1. The highest BCUT2D eigenvalue weighted by molar-refractivity contribution is 6.10. The quantitative estimate of drug-likeness (QED) is 0.625.